The van der Waals surface area contributed by atoms with Gasteiger partial charge in [-0.2, -0.15) is 10.1 Å². The van der Waals surface area contributed by atoms with Gasteiger partial charge in [0.15, 0.2) is 5.82 Å². The van der Waals surface area contributed by atoms with Crippen molar-refractivity contribution in [3.63, 3.8) is 0 Å². The number of nitrogens with one attached hydrogen (secondary N) is 2. The van der Waals surface area contributed by atoms with E-state index in [2.05, 4.69) is 25.2 Å². The van der Waals surface area contributed by atoms with E-state index in [0.717, 1.165) is 5.56 Å². The van der Waals surface area contributed by atoms with Crippen LogP contribution in [0.25, 0.3) is 0 Å². The molecular weight excluding hydrogens is 354 g/mol. The molecule has 0 fully saturated rings. The number of hydrazone groups is 1. The first-order valence-electron chi connectivity index (χ1n) is 7.70. The molecule has 2 N–H and O–H groups in total. The molecule has 3 rings (SSSR count). The molecule has 0 spiro atoms. The van der Waals surface area contributed by atoms with Gasteiger partial charge in [-0.3, -0.25) is 5.43 Å². The van der Waals surface area contributed by atoms with Crippen LogP contribution in [-0.2, 0) is 10.0 Å². The SMILES string of the molecule is Cc1ccc(S(=O)(=O)Nc2nc(C)cc(N/N=C/c3ccco3)n2)cc1. The lowest BCUT2D eigenvalue weighted by Crippen LogP contribution is -2.15. The van der Waals surface area contributed by atoms with Crippen molar-refractivity contribution in [3.8, 4) is 0 Å². The van der Waals surface area contributed by atoms with Crippen molar-refractivity contribution < 1.29 is 12.8 Å². The second-order valence-corrected chi connectivity index (χ2v) is 7.20. The Bertz CT molecular complexity index is 1010. The van der Waals surface area contributed by atoms with E-state index < -0.39 is 10.0 Å². The summed E-state index contributed by atoms with van der Waals surface area (Å²) < 4.78 is 32.4. The van der Waals surface area contributed by atoms with Crippen LogP contribution in [0.5, 0.6) is 0 Å². The van der Waals surface area contributed by atoms with Gasteiger partial charge in [-0.1, -0.05) is 17.7 Å². The fourth-order valence-electron chi connectivity index (χ4n) is 2.09. The molecule has 2 heterocycles. The molecule has 26 heavy (non-hydrogen) atoms. The number of sulfonamides is 1. The lowest BCUT2D eigenvalue weighted by atomic mass is 10.2. The van der Waals surface area contributed by atoms with Gasteiger partial charge in [-0.25, -0.2) is 18.1 Å². The van der Waals surface area contributed by atoms with Crippen LogP contribution in [0.15, 0.2) is 63.1 Å². The number of rotatable bonds is 6. The van der Waals surface area contributed by atoms with Crippen molar-refractivity contribution in [2.45, 2.75) is 18.7 Å². The summed E-state index contributed by atoms with van der Waals surface area (Å²) in [5.74, 6) is 0.881. The van der Waals surface area contributed by atoms with E-state index in [1.165, 1.54) is 24.6 Å². The number of benzene rings is 1. The highest BCUT2D eigenvalue weighted by molar-refractivity contribution is 7.92. The molecule has 0 aliphatic carbocycles. The number of furan rings is 1. The summed E-state index contributed by atoms with van der Waals surface area (Å²) in [6.45, 7) is 3.61. The van der Waals surface area contributed by atoms with E-state index in [0.29, 0.717) is 17.3 Å². The standard InChI is InChI=1S/C17H17N5O3S/c1-12-5-7-15(8-6-12)26(23,24)22-17-19-13(2)10-16(20-17)21-18-11-14-4-3-9-25-14/h3-11H,1-2H3,(H2,19,20,21,22)/b18-11+. The van der Waals surface area contributed by atoms with E-state index in [-0.39, 0.29) is 10.8 Å². The van der Waals surface area contributed by atoms with Crippen LogP contribution in [0.4, 0.5) is 11.8 Å². The summed E-state index contributed by atoms with van der Waals surface area (Å²) in [6, 6.07) is 11.6. The van der Waals surface area contributed by atoms with Gasteiger partial charge in [0.25, 0.3) is 10.0 Å². The predicted molar refractivity (Wildman–Crippen MR) is 98.7 cm³/mol. The van der Waals surface area contributed by atoms with Crippen molar-refractivity contribution in [2.24, 2.45) is 5.10 Å². The van der Waals surface area contributed by atoms with E-state index in [4.69, 9.17) is 4.42 Å². The molecule has 0 saturated carbocycles. The van der Waals surface area contributed by atoms with Gasteiger partial charge in [0, 0.05) is 11.8 Å². The van der Waals surface area contributed by atoms with Crippen LogP contribution >= 0.6 is 0 Å². The Labute approximate surface area is 151 Å². The molecule has 8 nitrogen and oxygen atoms in total. The third kappa shape index (κ3) is 4.45. The second-order valence-electron chi connectivity index (χ2n) is 5.52. The summed E-state index contributed by atoms with van der Waals surface area (Å²) in [5.41, 5.74) is 4.27. The minimum Gasteiger partial charge on any atom is -0.463 e. The quantitative estimate of drug-likeness (QED) is 0.509. The van der Waals surface area contributed by atoms with Crippen LogP contribution in [0.2, 0.25) is 0 Å². The first-order chi connectivity index (χ1) is 12.4. The molecular formula is C17H17N5O3S. The molecule has 0 aliphatic heterocycles. The molecule has 0 atom stereocenters. The summed E-state index contributed by atoms with van der Waals surface area (Å²) in [6.07, 6.45) is 3.02. The number of hydrogen-bond donors (Lipinski definition) is 2. The maximum absolute atomic E-state index is 12.5. The second kappa shape index (κ2) is 7.36. The lowest BCUT2D eigenvalue weighted by molar-refractivity contribution is 0.560. The zero-order chi connectivity index (χ0) is 18.6. The zero-order valence-electron chi connectivity index (χ0n) is 14.2. The first-order valence-corrected chi connectivity index (χ1v) is 9.18. The highest BCUT2D eigenvalue weighted by atomic mass is 32.2. The van der Waals surface area contributed by atoms with Gasteiger partial charge in [0.2, 0.25) is 5.95 Å². The van der Waals surface area contributed by atoms with Crippen LogP contribution in [0.1, 0.15) is 17.0 Å². The molecule has 9 heteroatoms. The van der Waals surface area contributed by atoms with Gasteiger partial charge >= 0.3 is 0 Å². The van der Waals surface area contributed by atoms with E-state index >= 15 is 0 Å². The van der Waals surface area contributed by atoms with Crippen LogP contribution in [0, 0.1) is 13.8 Å². The van der Waals surface area contributed by atoms with Crippen molar-refractivity contribution in [3.05, 3.63) is 65.7 Å². The molecule has 0 unspecified atom stereocenters. The van der Waals surface area contributed by atoms with Gasteiger partial charge in [-0.15, -0.1) is 0 Å². The summed E-state index contributed by atoms with van der Waals surface area (Å²) in [7, 11) is -3.78. The maximum atomic E-state index is 12.5. The molecule has 0 amide bonds. The first kappa shape index (κ1) is 17.6. The van der Waals surface area contributed by atoms with Crippen molar-refractivity contribution in [1.29, 1.82) is 0 Å². The van der Waals surface area contributed by atoms with Crippen LogP contribution in [-0.4, -0.2) is 24.6 Å². The Kier molecular flexibility index (Phi) is 4.99. The number of anilines is 2. The van der Waals surface area contributed by atoms with Crippen molar-refractivity contribution in [2.75, 3.05) is 10.1 Å². The molecule has 1 aromatic carbocycles. The van der Waals surface area contributed by atoms with Crippen molar-refractivity contribution >= 4 is 28.0 Å². The Morgan fingerprint density at radius 3 is 2.58 bits per heavy atom. The largest absolute Gasteiger partial charge is 0.463 e. The molecule has 2 aromatic heterocycles. The summed E-state index contributed by atoms with van der Waals surface area (Å²) in [5, 5.41) is 3.99. The minimum absolute atomic E-state index is 0.0405. The molecule has 0 radical (unpaired) electrons. The predicted octanol–water partition coefficient (Wildman–Crippen LogP) is 2.93. The van der Waals surface area contributed by atoms with E-state index in [1.807, 2.05) is 6.92 Å². The molecule has 0 bridgehead atoms. The van der Waals surface area contributed by atoms with Gasteiger partial charge in [0.1, 0.15) is 5.76 Å². The number of hydrogen-bond acceptors (Lipinski definition) is 7. The molecule has 0 aliphatic rings. The lowest BCUT2D eigenvalue weighted by Gasteiger charge is -2.09. The fraction of sp³-hybridized carbons (Fsp3) is 0.118. The third-order valence-corrected chi connectivity index (χ3v) is 4.67. The Morgan fingerprint density at radius 1 is 1.12 bits per heavy atom. The van der Waals surface area contributed by atoms with Crippen LogP contribution < -0.4 is 10.1 Å². The van der Waals surface area contributed by atoms with Gasteiger partial charge in [0.05, 0.1) is 17.4 Å². The average molecular weight is 371 g/mol. The van der Waals surface area contributed by atoms with E-state index in [1.54, 1.807) is 37.3 Å². The van der Waals surface area contributed by atoms with Crippen LogP contribution in [0.3, 0.4) is 0 Å². The monoisotopic (exact) mass is 371 g/mol. The minimum atomic E-state index is -3.78. The Morgan fingerprint density at radius 2 is 1.88 bits per heavy atom. The summed E-state index contributed by atoms with van der Waals surface area (Å²) >= 11 is 0. The van der Waals surface area contributed by atoms with Crippen molar-refractivity contribution in [1.82, 2.24) is 9.97 Å². The average Bonchev–Trinajstić information content (AvgIpc) is 3.07. The maximum Gasteiger partial charge on any atom is 0.264 e. The van der Waals surface area contributed by atoms with E-state index in [9.17, 15) is 8.42 Å². The van der Waals surface area contributed by atoms with Gasteiger partial charge < -0.3 is 4.42 Å². The molecule has 134 valence electrons. The smallest absolute Gasteiger partial charge is 0.264 e. The highest BCUT2D eigenvalue weighted by Crippen LogP contribution is 2.16. The number of aromatic nitrogens is 2. The topological polar surface area (TPSA) is 109 Å². The zero-order valence-corrected chi connectivity index (χ0v) is 15.0. The highest BCUT2D eigenvalue weighted by Gasteiger charge is 2.16. The number of aryl methyl sites for hydroxylation is 2. The normalized spacial score (nSPS) is 11.6. The Hall–Kier alpha value is -3.20. The summed E-state index contributed by atoms with van der Waals surface area (Å²) in [4.78, 5) is 8.37. The molecule has 3 aromatic rings. The number of nitrogens with zero attached hydrogens (tertiary/aromatic N) is 3. The molecule has 0 saturated heterocycles. The Balaban J connectivity index is 1.77. The fourth-order valence-corrected chi connectivity index (χ4v) is 3.04. The third-order valence-electron chi connectivity index (χ3n) is 3.33. The van der Waals surface area contributed by atoms with Gasteiger partial charge in [-0.05, 0) is 38.1 Å².